The zero-order valence-electron chi connectivity index (χ0n) is 13.1. The van der Waals surface area contributed by atoms with E-state index in [0.29, 0.717) is 24.2 Å². The first-order valence-electron chi connectivity index (χ1n) is 7.43. The molecule has 1 amide bonds. The van der Waals surface area contributed by atoms with Gasteiger partial charge in [-0.05, 0) is 23.6 Å². The van der Waals surface area contributed by atoms with Gasteiger partial charge >= 0.3 is 5.97 Å². The Bertz CT molecular complexity index is 631. The molecule has 1 heterocycles. The lowest BCUT2D eigenvalue weighted by Gasteiger charge is -2.16. The zero-order chi connectivity index (χ0) is 16.1. The van der Waals surface area contributed by atoms with Gasteiger partial charge in [0.05, 0.1) is 12.7 Å². The smallest absolute Gasteiger partial charge is 0.338 e. The van der Waals surface area contributed by atoms with E-state index in [4.69, 9.17) is 4.74 Å². The molecule has 0 spiro atoms. The fourth-order valence-electron chi connectivity index (χ4n) is 2.61. The number of methoxy groups -OCH3 is 1. The highest BCUT2D eigenvalue weighted by Crippen LogP contribution is 2.27. The summed E-state index contributed by atoms with van der Waals surface area (Å²) in [6, 6.07) is 5.50. The highest BCUT2D eigenvalue weighted by atomic mass is 16.5. The summed E-state index contributed by atoms with van der Waals surface area (Å²) < 4.78 is 4.81. The second-order valence-corrected chi connectivity index (χ2v) is 5.25. The standard InChI is InChI=1S/C18H21NO3/c1-4-6-8-13(5-2)17(20)19-11-14-9-7-10-15(16(14)12-19)18(21)22-3/h5,7-10H,2,4,6,11-12H2,1,3H3/b13-8+. The third-order valence-electron chi connectivity index (χ3n) is 3.80. The number of esters is 1. The van der Waals surface area contributed by atoms with Gasteiger partial charge in [0, 0.05) is 18.7 Å². The van der Waals surface area contributed by atoms with Crippen LogP contribution in [-0.2, 0) is 22.6 Å². The van der Waals surface area contributed by atoms with Gasteiger partial charge in [0.2, 0.25) is 0 Å². The van der Waals surface area contributed by atoms with E-state index < -0.39 is 0 Å². The Morgan fingerprint density at radius 2 is 2.14 bits per heavy atom. The summed E-state index contributed by atoms with van der Waals surface area (Å²) in [5.41, 5.74) is 3.03. The van der Waals surface area contributed by atoms with Gasteiger partial charge in [-0.3, -0.25) is 4.79 Å². The highest BCUT2D eigenvalue weighted by molar-refractivity contribution is 5.97. The first-order valence-corrected chi connectivity index (χ1v) is 7.43. The van der Waals surface area contributed by atoms with Crippen LogP contribution in [0.2, 0.25) is 0 Å². The number of amides is 1. The number of nitrogens with zero attached hydrogens (tertiary/aromatic N) is 1. The lowest BCUT2D eigenvalue weighted by Crippen LogP contribution is -2.26. The zero-order valence-corrected chi connectivity index (χ0v) is 13.1. The Kier molecular flexibility index (Phi) is 5.15. The summed E-state index contributed by atoms with van der Waals surface area (Å²) >= 11 is 0. The van der Waals surface area contributed by atoms with Crippen molar-refractivity contribution in [3.8, 4) is 0 Å². The van der Waals surface area contributed by atoms with Crippen molar-refractivity contribution in [1.82, 2.24) is 4.90 Å². The molecule has 0 aromatic heterocycles. The van der Waals surface area contributed by atoms with Gasteiger partial charge in [0.25, 0.3) is 5.91 Å². The molecular formula is C18H21NO3. The summed E-state index contributed by atoms with van der Waals surface area (Å²) in [7, 11) is 1.36. The second kappa shape index (κ2) is 7.07. The van der Waals surface area contributed by atoms with Gasteiger partial charge in [-0.25, -0.2) is 4.79 Å². The first-order chi connectivity index (χ1) is 10.6. The molecule has 0 bridgehead atoms. The molecule has 1 aromatic carbocycles. The minimum Gasteiger partial charge on any atom is -0.465 e. The number of benzene rings is 1. The Hall–Kier alpha value is -2.36. The quantitative estimate of drug-likeness (QED) is 0.476. The van der Waals surface area contributed by atoms with Crippen LogP contribution in [0, 0.1) is 0 Å². The van der Waals surface area contributed by atoms with Crippen molar-refractivity contribution in [3.63, 3.8) is 0 Å². The van der Waals surface area contributed by atoms with E-state index in [-0.39, 0.29) is 11.9 Å². The van der Waals surface area contributed by atoms with Gasteiger partial charge in [-0.2, -0.15) is 0 Å². The molecule has 22 heavy (non-hydrogen) atoms. The Morgan fingerprint density at radius 3 is 2.77 bits per heavy atom. The van der Waals surface area contributed by atoms with E-state index in [1.807, 2.05) is 18.2 Å². The maximum Gasteiger partial charge on any atom is 0.338 e. The topological polar surface area (TPSA) is 46.6 Å². The van der Waals surface area contributed by atoms with E-state index in [2.05, 4.69) is 13.5 Å². The Morgan fingerprint density at radius 1 is 1.36 bits per heavy atom. The maximum absolute atomic E-state index is 12.6. The molecule has 0 atom stereocenters. The normalized spacial score (nSPS) is 13.7. The van der Waals surface area contributed by atoms with Gasteiger partial charge in [-0.1, -0.05) is 44.2 Å². The molecule has 0 unspecified atom stereocenters. The fourth-order valence-corrected chi connectivity index (χ4v) is 2.61. The Labute approximate surface area is 131 Å². The molecule has 0 radical (unpaired) electrons. The number of rotatable bonds is 5. The fraction of sp³-hybridized carbons (Fsp3) is 0.333. The minimum absolute atomic E-state index is 0.0459. The second-order valence-electron chi connectivity index (χ2n) is 5.25. The molecule has 2 rings (SSSR count). The molecule has 1 aliphatic heterocycles. The van der Waals surface area contributed by atoms with Crippen molar-refractivity contribution >= 4 is 11.9 Å². The lowest BCUT2D eigenvalue weighted by molar-refractivity contribution is -0.127. The van der Waals surface area contributed by atoms with Crippen molar-refractivity contribution in [2.45, 2.75) is 32.9 Å². The molecule has 1 aliphatic rings. The molecule has 1 aromatic rings. The maximum atomic E-state index is 12.6. The largest absolute Gasteiger partial charge is 0.465 e. The molecule has 4 heteroatoms. The Balaban J connectivity index is 2.23. The number of allylic oxidation sites excluding steroid dienone is 1. The number of ether oxygens (including phenoxy) is 1. The van der Waals surface area contributed by atoms with Crippen LogP contribution in [0.5, 0.6) is 0 Å². The van der Waals surface area contributed by atoms with Crippen LogP contribution in [0.4, 0.5) is 0 Å². The van der Waals surface area contributed by atoms with Crippen molar-refractivity contribution < 1.29 is 14.3 Å². The summed E-state index contributed by atoms with van der Waals surface area (Å²) in [6.45, 7) is 6.73. The third kappa shape index (κ3) is 3.11. The number of hydrogen-bond donors (Lipinski definition) is 0. The predicted octanol–water partition coefficient (Wildman–Crippen LogP) is 3.23. The lowest BCUT2D eigenvalue weighted by atomic mass is 10.0. The van der Waals surface area contributed by atoms with E-state index in [0.717, 1.165) is 24.0 Å². The van der Waals surface area contributed by atoms with Gasteiger partial charge in [0.1, 0.15) is 0 Å². The van der Waals surface area contributed by atoms with Crippen LogP contribution in [-0.4, -0.2) is 23.9 Å². The number of unbranched alkanes of at least 4 members (excludes halogenated alkanes) is 1. The number of carbonyl (C=O) groups is 2. The predicted molar refractivity (Wildman–Crippen MR) is 85.2 cm³/mol. The number of fused-ring (bicyclic) bond motifs is 1. The molecule has 116 valence electrons. The first kappa shape index (κ1) is 16.0. The molecule has 0 saturated heterocycles. The number of carbonyl (C=O) groups excluding carboxylic acids is 2. The van der Waals surface area contributed by atoms with Crippen molar-refractivity contribution in [1.29, 1.82) is 0 Å². The summed E-state index contributed by atoms with van der Waals surface area (Å²) in [5, 5.41) is 0. The van der Waals surface area contributed by atoms with Crippen LogP contribution in [0.15, 0.2) is 42.5 Å². The number of hydrogen-bond acceptors (Lipinski definition) is 3. The van der Waals surface area contributed by atoms with Crippen LogP contribution in [0.3, 0.4) is 0 Å². The monoisotopic (exact) mass is 299 g/mol. The van der Waals surface area contributed by atoms with Crippen LogP contribution >= 0.6 is 0 Å². The van der Waals surface area contributed by atoms with Crippen molar-refractivity contribution in [2.75, 3.05) is 7.11 Å². The average Bonchev–Trinajstić information content (AvgIpc) is 2.98. The van der Waals surface area contributed by atoms with E-state index in [9.17, 15) is 9.59 Å². The van der Waals surface area contributed by atoms with Crippen LogP contribution in [0.1, 0.15) is 41.3 Å². The summed E-state index contributed by atoms with van der Waals surface area (Å²) in [5.74, 6) is -0.410. The van der Waals surface area contributed by atoms with Crippen molar-refractivity contribution in [2.24, 2.45) is 0 Å². The summed E-state index contributed by atoms with van der Waals surface area (Å²) in [4.78, 5) is 26.1. The van der Waals surface area contributed by atoms with Gasteiger partial charge in [0.15, 0.2) is 0 Å². The third-order valence-corrected chi connectivity index (χ3v) is 3.80. The molecular weight excluding hydrogens is 278 g/mol. The van der Waals surface area contributed by atoms with Crippen molar-refractivity contribution in [3.05, 3.63) is 59.2 Å². The minimum atomic E-state index is -0.364. The van der Waals surface area contributed by atoms with E-state index in [1.165, 1.54) is 7.11 Å². The van der Waals surface area contributed by atoms with Crippen LogP contribution < -0.4 is 0 Å². The van der Waals surface area contributed by atoms with Gasteiger partial charge < -0.3 is 9.64 Å². The molecule has 0 saturated carbocycles. The van der Waals surface area contributed by atoms with E-state index >= 15 is 0 Å². The highest BCUT2D eigenvalue weighted by Gasteiger charge is 2.28. The average molecular weight is 299 g/mol. The molecule has 0 N–H and O–H groups in total. The SMILES string of the molecule is C=C/C(=C\CCC)C(=O)N1Cc2cccc(C(=O)OC)c2C1. The van der Waals surface area contributed by atoms with Crippen LogP contribution in [0.25, 0.3) is 0 Å². The molecule has 0 aliphatic carbocycles. The molecule has 4 nitrogen and oxygen atoms in total. The van der Waals surface area contributed by atoms with E-state index in [1.54, 1.807) is 17.0 Å². The van der Waals surface area contributed by atoms with Gasteiger partial charge in [-0.15, -0.1) is 0 Å². The molecule has 0 fully saturated rings. The summed E-state index contributed by atoms with van der Waals surface area (Å²) in [6.07, 6.45) is 5.35.